The van der Waals surface area contributed by atoms with Crippen molar-refractivity contribution in [2.45, 2.75) is 39.7 Å². The predicted octanol–water partition coefficient (Wildman–Crippen LogP) is 4.96. The van der Waals surface area contributed by atoms with E-state index in [-0.39, 0.29) is 0 Å². The van der Waals surface area contributed by atoms with Gasteiger partial charge in [0, 0.05) is 27.3 Å². The van der Waals surface area contributed by atoms with Gasteiger partial charge in [-0.2, -0.15) is 0 Å². The molecule has 2 nitrogen and oxygen atoms in total. The van der Waals surface area contributed by atoms with Crippen LogP contribution < -0.4 is 5.32 Å². The first kappa shape index (κ1) is 14.0. The van der Waals surface area contributed by atoms with Crippen LogP contribution in [-0.2, 0) is 6.54 Å². The number of nitrogens with one attached hydrogen (secondary N) is 2. The summed E-state index contributed by atoms with van der Waals surface area (Å²) in [6.07, 6.45) is 0.948. The summed E-state index contributed by atoms with van der Waals surface area (Å²) in [5, 5.41) is 5.31. The Morgan fingerprint density at radius 3 is 2.74 bits per heavy atom. The Hall–Kier alpha value is -1.41. The average Bonchev–Trinajstić information content (AvgIpc) is 2.76. The number of fused-ring (bicyclic) bond motifs is 1. The van der Waals surface area contributed by atoms with Crippen molar-refractivity contribution in [1.82, 2.24) is 10.3 Å². The monoisotopic (exact) mass is 276 g/mol. The fourth-order valence-electron chi connectivity index (χ4n) is 2.11. The molecule has 0 radical (unpaired) electrons. The fraction of sp³-hybridized carbons (Fsp3) is 0.375. The zero-order chi connectivity index (χ0) is 14.0. The van der Waals surface area contributed by atoms with Crippen LogP contribution in [-0.4, -0.2) is 4.98 Å². The van der Waals surface area contributed by atoms with E-state index in [0.717, 1.165) is 40.3 Å². The highest BCUT2D eigenvalue weighted by atomic mass is 35.5. The zero-order valence-electron chi connectivity index (χ0n) is 11.8. The molecule has 1 heterocycles. The summed E-state index contributed by atoms with van der Waals surface area (Å²) >= 11 is 6.31. The van der Waals surface area contributed by atoms with Gasteiger partial charge in [-0.1, -0.05) is 39.0 Å². The molecule has 2 rings (SSSR count). The number of benzene rings is 1. The number of aromatic amines is 1. The van der Waals surface area contributed by atoms with Crippen LogP contribution in [0.1, 0.15) is 44.4 Å². The molecule has 0 amide bonds. The lowest BCUT2D eigenvalue weighted by molar-refractivity contribution is 0.763. The maximum absolute atomic E-state index is 6.31. The molecule has 2 N–H and O–H groups in total. The third-order valence-electron chi connectivity index (χ3n) is 3.37. The first-order chi connectivity index (χ1) is 9.01. The van der Waals surface area contributed by atoms with Gasteiger partial charge in [0.25, 0.3) is 0 Å². The van der Waals surface area contributed by atoms with Crippen LogP contribution >= 0.6 is 11.6 Å². The summed E-state index contributed by atoms with van der Waals surface area (Å²) in [4.78, 5) is 3.44. The number of aromatic nitrogens is 1. The standard InChI is InChI=1S/C16H21ClN2/c1-5-11(4)18-9-13-6-12-7-15(17)14(10(2)3)8-16(12)19-13/h6-8,10,18-19H,4-5,9H2,1-3H3. The maximum atomic E-state index is 6.31. The summed E-state index contributed by atoms with van der Waals surface area (Å²) in [6.45, 7) is 11.1. The van der Waals surface area contributed by atoms with Gasteiger partial charge < -0.3 is 10.3 Å². The smallest absolute Gasteiger partial charge is 0.0548 e. The highest BCUT2D eigenvalue weighted by Gasteiger charge is 2.09. The van der Waals surface area contributed by atoms with E-state index in [4.69, 9.17) is 11.6 Å². The number of hydrogen-bond donors (Lipinski definition) is 2. The highest BCUT2D eigenvalue weighted by Crippen LogP contribution is 2.29. The second-order valence-electron chi connectivity index (χ2n) is 5.22. The van der Waals surface area contributed by atoms with Crippen molar-refractivity contribution in [2.24, 2.45) is 0 Å². The summed E-state index contributed by atoms with van der Waals surface area (Å²) in [5.74, 6) is 0.432. The molecule has 102 valence electrons. The molecule has 0 spiro atoms. The number of H-pyrrole nitrogens is 1. The van der Waals surface area contributed by atoms with Crippen molar-refractivity contribution in [2.75, 3.05) is 0 Å². The first-order valence-electron chi connectivity index (χ1n) is 6.74. The quantitative estimate of drug-likeness (QED) is 0.794. The summed E-state index contributed by atoms with van der Waals surface area (Å²) in [6, 6.07) is 6.34. The van der Waals surface area contributed by atoms with Gasteiger partial charge in [0.05, 0.1) is 6.54 Å². The Balaban J connectivity index is 2.27. The second-order valence-corrected chi connectivity index (χ2v) is 5.63. The van der Waals surface area contributed by atoms with E-state index >= 15 is 0 Å². The van der Waals surface area contributed by atoms with E-state index in [2.05, 4.69) is 49.8 Å². The van der Waals surface area contributed by atoms with Gasteiger partial charge >= 0.3 is 0 Å². The lowest BCUT2D eigenvalue weighted by Crippen LogP contribution is -2.11. The number of halogens is 1. The van der Waals surface area contributed by atoms with Crippen LogP contribution in [0.2, 0.25) is 5.02 Å². The van der Waals surface area contributed by atoms with Gasteiger partial charge in [0.15, 0.2) is 0 Å². The minimum atomic E-state index is 0.432. The van der Waals surface area contributed by atoms with Gasteiger partial charge in [-0.25, -0.2) is 0 Å². The first-order valence-corrected chi connectivity index (χ1v) is 7.11. The Bertz CT molecular complexity index is 596. The van der Waals surface area contributed by atoms with Crippen LogP contribution in [0.15, 0.2) is 30.5 Å². The molecule has 0 fully saturated rings. The Labute approximate surface area is 119 Å². The van der Waals surface area contributed by atoms with Gasteiger partial charge in [-0.15, -0.1) is 0 Å². The molecule has 0 aliphatic rings. The van der Waals surface area contributed by atoms with E-state index in [1.54, 1.807) is 0 Å². The van der Waals surface area contributed by atoms with Crippen LogP contribution in [0.4, 0.5) is 0 Å². The largest absolute Gasteiger partial charge is 0.383 e. The third-order valence-corrected chi connectivity index (χ3v) is 3.70. The summed E-state index contributed by atoms with van der Waals surface area (Å²) in [7, 11) is 0. The summed E-state index contributed by atoms with van der Waals surface area (Å²) in [5.41, 5.74) is 4.54. The van der Waals surface area contributed by atoms with Crippen LogP contribution in [0.3, 0.4) is 0 Å². The Kier molecular flexibility index (Phi) is 4.20. The molecule has 0 aliphatic heterocycles. The maximum Gasteiger partial charge on any atom is 0.0548 e. The molecule has 0 saturated heterocycles. The highest BCUT2D eigenvalue weighted by molar-refractivity contribution is 6.32. The molecule has 0 bridgehead atoms. The van der Waals surface area contributed by atoms with E-state index in [0.29, 0.717) is 5.92 Å². The van der Waals surface area contributed by atoms with Crippen molar-refractivity contribution in [3.8, 4) is 0 Å². The van der Waals surface area contributed by atoms with Crippen LogP contribution in [0.5, 0.6) is 0 Å². The van der Waals surface area contributed by atoms with Gasteiger partial charge in [0.2, 0.25) is 0 Å². The number of hydrogen-bond acceptors (Lipinski definition) is 1. The molecule has 0 unspecified atom stereocenters. The topological polar surface area (TPSA) is 27.8 Å². The molecular formula is C16H21ClN2. The van der Waals surface area contributed by atoms with E-state index in [1.807, 2.05) is 6.07 Å². The van der Waals surface area contributed by atoms with Crippen molar-refractivity contribution < 1.29 is 0 Å². The molecule has 1 aromatic carbocycles. The zero-order valence-corrected chi connectivity index (χ0v) is 12.6. The van der Waals surface area contributed by atoms with Gasteiger partial charge in [0.1, 0.15) is 0 Å². The van der Waals surface area contributed by atoms with Gasteiger partial charge in [-0.05, 0) is 36.1 Å². The number of allylic oxidation sites excluding steroid dienone is 1. The molecule has 3 heteroatoms. The molecule has 1 aromatic heterocycles. The molecule has 0 atom stereocenters. The summed E-state index contributed by atoms with van der Waals surface area (Å²) < 4.78 is 0. The van der Waals surface area contributed by atoms with E-state index < -0.39 is 0 Å². The Morgan fingerprint density at radius 1 is 1.37 bits per heavy atom. The van der Waals surface area contributed by atoms with Crippen LogP contribution in [0, 0.1) is 0 Å². The lowest BCUT2D eigenvalue weighted by Gasteiger charge is -2.07. The molecule has 0 aliphatic carbocycles. The van der Waals surface area contributed by atoms with Gasteiger partial charge in [-0.3, -0.25) is 0 Å². The normalized spacial score (nSPS) is 11.2. The van der Waals surface area contributed by atoms with Crippen molar-refractivity contribution in [1.29, 1.82) is 0 Å². The molecule has 19 heavy (non-hydrogen) atoms. The van der Waals surface area contributed by atoms with Crippen molar-refractivity contribution in [3.05, 3.63) is 46.8 Å². The Morgan fingerprint density at radius 2 is 2.11 bits per heavy atom. The molecule has 0 saturated carbocycles. The van der Waals surface area contributed by atoms with E-state index in [9.17, 15) is 0 Å². The fourth-order valence-corrected chi connectivity index (χ4v) is 2.50. The minimum Gasteiger partial charge on any atom is -0.383 e. The lowest BCUT2D eigenvalue weighted by atomic mass is 10.0. The van der Waals surface area contributed by atoms with Crippen molar-refractivity contribution in [3.63, 3.8) is 0 Å². The molecular weight excluding hydrogens is 256 g/mol. The minimum absolute atomic E-state index is 0.432. The van der Waals surface area contributed by atoms with E-state index in [1.165, 1.54) is 5.56 Å². The molecule has 2 aromatic rings. The SMILES string of the molecule is C=C(CC)NCc1cc2cc(Cl)c(C(C)C)cc2[nH]1. The third kappa shape index (κ3) is 3.13. The predicted molar refractivity (Wildman–Crippen MR) is 83.7 cm³/mol. The van der Waals surface area contributed by atoms with Crippen LogP contribution in [0.25, 0.3) is 10.9 Å². The number of rotatable bonds is 5. The van der Waals surface area contributed by atoms with Crippen molar-refractivity contribution >= 4 is 22.5 Å². The average molecular weight is 277 g/mol. The second kappa shape index (κ2) is 5.70.